The lowest BCUT2D eigenvalue weighted by molar-refractivity contribution is 0.641. The molecule has 1 aromatic carbocycles. The summed E-state index contributed by atoms with van der Waals surface area (Å²) in [5.74, 6) is 0. The molecule has 0 aliphatic rings. The second-order valence-corrected chi connectivity index (χ2v) is 4.95. The molecule has 0 spiro atoms. The summed E-state index contributed by atoms with van der Waals surface area (Å²) >= 11 is 1.62. The fourth-order valence-electron chi connectivity index (χ4n) is 2.01. The lowest BCUT2D eigenvalue weighted by Crippen LogP contribution is -2.20. The van der Waals surface area contributed by atoms with Gasteiger partial charge in [-0.2, -0.15) is 0 Å². The molecule has 0 fully saturated rings. The van der Waals surface area contributed by atoms with Gasteiger partial charge in [-0.05, 0) is 19.2 Å². The average molecular weight is 271 g/mol. The van der Waals surface area contributed by atoms with Crippen molar-refractivity contribution in [1.29, 1.82) is 0 Å². The molecule has 96 valence electrons. The summed E-state index contributed by atoms with van der Waals surface area (Å²) in [6.07, 6.45) is 3.65. The van der Waals surface area contributed by atoms with Crippen molar-refractivity contribution in [3.8, 4) is 5.69 Å². The molecular formula is C13H13N5S. The van der Waals surface area contributed by atoms with Gasteiger partial charge in [-0.1, -0.05) is 23.4 Å². The smallest absolute Gasteiger partial charge is 0.0876 e. The summed E-state index contributed by atoms with van der Waals surface area (Å²) in [6, 6.07) is 10.0. The molecule has 6 heteroatoms. The average Bonchev–Trinajstić information content (AvgIpc) is 3.12. The molecule has 3 aromatic rings. The summed E-state index contributed by atoms with van der Waals surface area (Å²) in [7, 11) is 1.92. The SMILES string of the molecule is CNC(c1cncs1)c1cnnn1-c1ccccc1. The maximum atomic E-state index is 4.18. The largest absolute Gasteiger partial charge is 0.307 e. The van der Waals surface area contributed by atoms with Crippen LogP contribution in [0.4, 0.5) is 0 Å². The highest BCUT2D eigenvalue weighted by Gasteiger charge is 2.19. The van der Waals surface area contributed by atoms with Crippen LogP contribution in [0.2, 0.25) is 0 Å². The van der Waals surface area contributed by atoms with Gasteiger partial charge in [-0.25, -0.2) is 4.68 Å². The Hall–Kier alpha value is -2.05. The molecule has 1 N–H and O–H groups in total. The second-order valence-electron chi connectivity index (χ2n) is 4.03. The first-order valence-corrected chi connectivity index (χ1v) is 6.80. The van der Waals surface area contributed by atoms with Crippen LogP contribution in [0.3, 0.4) is 0 Å². The van der Waals surface area contributed by atoms with Crippen molar-refractivity contribution in [2.45, 2.75) is 6.04 Å². The monoisotopic (exact) mass is 271 g/mol. The van der Waals surface area contributed by atoms with E-state index in [1.165, 1.54) is 0 Å². The molecule has 0 saturated heterocycles. The topological polar surface area (TPSA) is 55.6 Å². The van der Waals surface area contributed by atoms with Crippen LogP contribution >= 0.6 is 11.3 Å². The van der Waals surface area contributed by atoms with Gasteiger partial charge >= 0.3 is 0 Å². The molecule has 1 atom stereocenters. The van der Waals surface area contributed by atoms with Crippen LogP contribution in [0, 0.1) is 0 Å². The molecule has 3 rings (SSSR count). The van der Waals surface area contributed by atoms with E-state index in [1.54, 1.807) is 17.5 Å². The third kappa shape index (κ3) is 2.27. The van der Waals surface area contributed by atoms with Gasteiger partial charge in [-0.15, -0.1) is 16.4 Å². The Balaban J connectivity index is 2.04. The zero-order valence-corrected chi connectivity index (χ0v) is 11.2. The van der Waals surface area contributed by atoms with Crippen molar-refractivity contribution in [2.24, 2.45) is 0 Å². The van der Waals surface area contributed by atoms with Gasteiger partial charge in [-0.3, -0.25) is 4.98 Å². The minimum absolute atomic E-state index is 0.0442. The molecule has 0 bridgehead atoms. The van der Waals surface area contributed by atoms with Gasteiger partial charge in [0, 0.05) is 11.1 Å². The van der Waals surface area contributed by atoms with E-state index in [0.717, 1.165) is 16.3 Å². The Morgan fingerprint density at radius 3 is 2.74 bits per heavy atom. The fraction of sp³-hybridized carbons (Fsp3) is 0.154. The molecule has 5 nitrogen and oxygen atoms in total. The summed E-state index contributed by atoms with van der Waals surface area (Å²) < 4.78 is 1.85. The van der Waals surface area contributed by atoms with E-state index < -0.39 is 0 Å². The molecule has 19 heavy (non-hydrogen) atoms. The summed E-state index contributed by atoms with van der Waals surface area (Å²) in [4.78, 5) is 5.27. The minimum atomic E-state index is 0.0442. The third-order valence-corrected chi connectivity index (χ3v) is 3.74. The van der Waals surface area contributed by atoms with E-state index in [1.807, 2.05) is 53.8 Å². The van der Waals surface area contributed by atoms with Crippen LogP contribution in [0.5, 0.6) is 0 Å². The van der Waals surface area contributed by atoms with E-state index >= 15 is 0 Å². The lowest BCUT2D eigenvalue weighted by Gasteiger charge is -2.15. The predicted octanol–water partition coefficient (Wildman–Crippen LogP) is 2.03. The van der Waals surface area contributed by atoms with Crippen LogP contribution in [0.25, 0.3) is 5.69 Å². The quantitative estimate of drug-likeness (QED) is 0.789. The van der Waals surface area contributed by atoms with Crippen molar-refractivity contribution >= 4 is 11.3 Å². The molecular weight excluding hydrogens is 258 g/mol. The number of nitrogens with zero attached hydrogens (tertiary/aromatic N) is 4. The first kappa shape index (κ1) is 12.0. The lowest BCUT2D eigenvalue weighted by atomic mass is 10.2. The zero-order chi connectivity index (χ0) is 13.1. The third-order valence-electron chi connectivity index (χ3n) is 2.90. The van der Waals surface area contributed by atoms with Crippen molar-refractivity contribution in [1.82, 2.24) is 25.3 Å². The maximum Gasteiger partial charge on any atom is 0.0876 e. The molecule has 0 radical (unpaired) electrons. The summed E-state index contributed by atoms with van der Waals surface area (Å²) in [5, 5.41) is 11.5. The molecule has 1 unspecified atom stereocenters. The Kier molecular flexibility index (Phi) is 3.35. The molecule has 0 saturated carbocycles. The fourth-order valence-corrected chi connectivity index (χ4v) is 2.75. The van der Waals surface area contributed by atoms with E-state index in [4.69, 9.17) is 0 Å². The Labute approximate surface area is 114 Å². The molecule has 0 aliphatic heterocycles. The Morgan fingerprint density at radius 2 is 2.05 bits per heavy atom. The normalized spacial score (nSPS) is 12.5. The van der Waals surface area contributed by atoms with E-state index in [2.05, 4.69) is 20.6 Å². The molecule has 2 heterocycles. The number of para-hydroxylation sites is 1. The standard InChI is InChI=1S/C13H13N5S/c1-14-13(12-8-15-9-19-12)11-7-16-17-18(11)10-5-3-2-4-6-10/h2-9,13-14H,1H3. The van der Waals surface area contributed by atoms with Gasteiger partial charge in [0.1, 0.15) is 0 Å². The highest BCUT2D eigenvalue weighted by molar-refractivity contribution is 7.09. The van der Waals surface area contributed by atoms with Crippen LogP contribution in [0.15, 0.2) is 48.2 Å². The van der Waals surface area contributed by atoms with Gasteiger partial charge in [0.2, 0.25) is 0 Å². The number of hydrogen-bond acceptors (Lipinski definition) is 5. The van der Waals surface area contributed by atoms with Gasteiger partial charge < -0.3 is 5.32 Å². The predicted molar refractivity (Wildman–Crippen MR) is 74.4 cm³/mol. The second kappa shape index (κ2) is 5.29. The van der Waals surface area contributed by atoms with Crippen LogP contribution in [-0.4, -0.2) is 27.0 Å². The van der Waals surface area contributed by atoms with E-state index in [9.17, 15) is 0 Å². The number of rotatable bonds is 4. The van der Waals surface area contributed by atoms with Gasteiger partial charge in [0.15, 0.2) is 0 Å². The number of hydrogen-bond donors (Lipinski definition) is 1. The zero-order valence-electron chi connectivity index (χ0n) is 10.4. The first-order chi connectivity index (χ1) is 9.40. The van der Waals surface area contributed by atoms with E-state index in [-0.39, 0.29) is 6.04 Å². The van der Waals surface area contributed by atoms with Crippen LogP contribution in [-0.2, 0) is 0 Å². The number of aromatic nitrogens is 4. The highest BCUT2D eigenvalue weighted by Crippen LogP contribution is 2.25. The van der Waals surface area contributed by atoms with Crippen LogP contribution in [0.1, 0.15) is 16.6 Å². The highest BCUT2D eigenvalue weighted by atomic mass is 32.1. The number of nitrogens with one attached hydrogen (secondary N) is 1. The van der Waals surface area contributed by atoms with Crippen molar-refractivity contribution < 1.29 is 0 Å². The van der Waals surface area contributed by atoms with Gasteiger partial charge in [0.25, 0.3) is 0 Å². The van der Waals surface area contributed by atoms with Crippen molar-refractivity contribution in [3.63, 3.8) is 0 Å². The molecule has 0 amide bonds. The Bertz CT molecular complexity index is 632. The Morgan fingerprint density at radius 1 is 1.21 bits per heavy atom. The van der Waals surface area contributed by atoms with Crippen molar-refractivity contribution in [3.05, 3.63) is 58.8 Å². The van der Waals surface area contributed by atoms with E-state index in [0.29, 0.717) is 0 Å². The van der Waals surface area contributed by atoms with Crippen molar-refractivity contribution in [2.75, 3.05) is 7.05 Å². The molecule has 0 aliphatic carbocycles. The first-order valence-electron chi connectivity index (χ1n) is 5.92. The number of thiazole rings is 1. The summed E-state index contributed by atoms with van der Waals surface area (Å²) in [6.45, 7) is 0. The van der Waals surface area contributed by atoms with Gasteiger partial charge in [0.05, 0.1) is 29.1 Å². The minimum Gasteiger partial charge on any atom is -0.307 e. The maximum absolute atomic E-state index is 4.18. The van der Waals surface area contributed by atoms with Crippen LogP contribution < -0.4 is 5.32 Å². The molecule has 2 aromatic heterocycles. The summed E-state index contributed by atoms with van der Waals surface area (Å²) in [5.41, 5.74) is 3.83. The number of benzene rings is 1.